The van der Waals surface area contributed by atoms with Crippen LogP contribution in [0.3, 0.4) is 0 Å². The Labute approximate surface area is 169 Å². The monoisotopic (exact) mass is 387 g/mol. The van der Waals surface area contributed by atoms with Crippen LogP contribution in [0.2, 0.25) is 0 Å². The van der Waals surface area contributed by atoms with Crippen molar-refractivity contribution in [1.29, 1.82) is 0 Å². The van der Waals surface area contributed by atoms with Gasteiger partial charge >= 0.3 is 0 Å². The maximum atomic E-state index is 5.61. The van der Waals surface area contributed by atoms with E-state index in [1.54, 1.807) is 14.2 Å². The third-order valence-electron chi connectivity index (χ3n) is 4.84. The quantitative estimate of drug-likeness (QED) is 0.376. The summed E-state index contributed by atoms with van der Waals surface area (Å²) in [6.45, 7) is 2.12. The van der Waals surface area contributed by atoms with Gasteiger partial charge in [-0.05, 0) is 61.5 Å². The highest BCUT2D eigenvalue weighted by atomic mass is 32.2. The minimum atomic E-state index is -0.229. The summed E-state index contributed by atoms with van der Waals surface area (Å²) in [5.41, 5.74) is 1.27. The molecule has 0 aliphatic carbocycles. The Morgan fingerprint density at radius 3 is 1.82 bits per heavy atom. The molecule has 0 bridgehead atoms. The SMILES string of the molecule is COc1ccc([S+](c2ccc(C)cc2)c2ccc(OC)c3ccccc23)cc1. The summed E-state index contributed by atoms with van der Waals surface area (Å²) in [5, 5.41) is 2.36. The average Bonchev–Trinajstić information content (AvgIpc) is 2.76. The van der Waals surface area contributed by atoms with Gasteiger partial charge in [-0.15, -0.1) is 0 Å². The Hall–Kier alpha value is -2.91. The minimum Gasteiger partial charge on any atom is -0.497 e. The first-order valence-corrected chi connectivity index (χ1v) is 10.4. The molecule has 1 unspecified atom stereocenters. The highest BCUT2D eigenvalue weighted by molar-refractivity contribution is 7.97. The predicted molar refractivity (Wildman–Crippen MR) is 117 cm³/mol. The molecule has 0 aromatic heterocycles. The van der Waals surface area contributed by atoms with Crippen LogP contribution >= 0.6 is 0 Å². The van der Waals surface area contributed by atoms with Gasteiger partial charge in [0.2, 0.25) is 0 Å². The van der Waals surface area contributed by atoms with Gasteiger partial charge in [-0.3, -0.25) is 0 Å². The first-order valence-electron chi connectivity index (χ1n) is 9.22. The van der Waals surface area contributed by atoms with Gasteiger partial charge < -0.3 is 9.47 Å². The Balaban J connectivity index is 1.95. The Morgan fingerprint density at radius 1 is 0.607 bits per heavy atom. The van der Waals surface area contributed by atoms with Crippen LogP contribution in [0, 0.1) is 6.92 Å². The molecule has 4 aromatic carbocycles. The molecule has 4 rings (SSSR count). The van der Waals surface area contributed by atoms with Crippen molar-refractivity contribution in [2.45, 2.75) is 21.6 Å². The van der Waals surface area contributed by atoms with Crippen molar-refractivity contribution >= 4 is 21.7 Å². The summed E-state index contributed by atoms with van der Waals surface area (Å²) in [6.07, 6.45) is 0. The zero-order valence-corrected chi connectivity index (χ0v) is 17.1. The molecule has 0 spiro atoms. The summed E-state index contributed by atoms with van der Waals surface area (Å²) in [4.78, 5) is 3.86. The van der Waals surface area contributed by atoms with Crippen LogP contribution in [0.15, 0.2) is 99.6 Å². The molecule has 0 fully saturated rings. The molecule has 0 heterocycles. The molecule has 0 aliphatic heterocycles. The van der Waals surface area contributed by atoms with E-state index in [-0.39, 0.29) is 10.9 Å². The summed E-state index contributed by atoms with van der Waals surface area (Å²) >= 11 is 0. The lowest BCUT2D eigenvalue weighted by Gasteiger charge is -2.13. The first kappa shape index (κ1) is 18.5. The van der Waals surface area contributed by atoms with Crippen molar-refractivity contribution in [2.75, 3.05) is 14.2 Å². The van der Waals surface area contributed by atoms with Gasteiger partial charge in [-0.1, -0.05) is 35.9 Å². The molecule has 140 valence electrons. The molecule has 2 nitrogen and oxygen atoms in total. The van der Waals surface area contributed by atoms with Crippen molar-refractivity contribution in [2.24, 2.45) is 0 Å². The van der Waals surface area contributed by atoms with Crippen LogP contribution in [0.4, 0.5) is 0 Å². The van der Waals surface area contributed by atoms with Crippen molar-refractivity contribution in [3.63, 3.8) is 0 Å². The second-order valence-electron chi connectivity index (χ2n) is 6.61. The van der Waals surface area contributed by atoms with Gasteiger partial charge in [0.05, 0.1) is 25.1 Å². The number of benzene rings is 4. The maximum absolute atomic E-state index is 5.61. The highest BCUT2D eigenvalue weighted by Gasteiger charge is 2.31. The van der Waals surface area contributed by atoms with E-state index in [1.165, 1.54) is 25.6 Å². The number of hydrogen-bond acceptors (Lipinski definition) is 2. The zero-order chi connectivity index (χ0) is 19.5. The van der Waals surface area contributed by atoms with Crippen LogP contribution in [-0.2, 0) is 10.9 Å². The normalized spacial score (nSPS) is 12.0. The zero-order valence-electron chi connectivity index (χ0n) is 16.3. The van der Waals surface area contributed by atoms with Gasteiger partial charge in [-0.2, -0.15) is 0 Å². The van der Waals surface area contributed by atoms with E-state index in [1.807, 2.05) is 12.1 Å². The van der Waals surface area contributed by atoms with Crippen LogP contribution in [0.1, 0.15) is 5.56 Å². The predicted octanol–water partition coefficient (Wildman–Crippen LogP) is 6.26. The minimum absolute atomic E-state index is 0.229. The van der Waals surface area contributed by atoms with Gasteiger partial charge in [0.1, 0.15) is 11.5 Å². The Morgan fingerprint density at radius 2 is 1.21 bits per heavy atom. The summed E-state index contributed by atoms with van der Waals surface area (Å²) in [5.74, 6) is 1.78. The largest absolute Gasteiger partial charge is 0.497 e. The number of methoxy groups -OCH3 is 2. The highest BCUT2D eigenvalue weighted by Crippen LogP contribution is 2.39. The van der Waals surface area contributed by atoms with E-state index < -0.39 is 0 Å². The number of aryl methyl sites for hydroxylation is 1. The van der Waals surface area contributed by atoms with Crippen molar-refractivity contribution in [1.82, 2.24) is 0 Å². The van der Waals surface area contributed by atoms with Crippen LogP contribution in [0.5, 0.6) is 11.5 Å². The van der Waals surface area contributed by atoms with Gasteiger partial charge in [0.15, 0.2) is 14.7 Å². The fourth-order valence-electron chi connectivity index (χ4n) is 3.38. The molecule has 0 amide bonds. The second kappa shape index (κ2) is 7.99. The van der Waals surface area contributed by atoms with E-state index in [9.17, 15) is 0 Å². The first-order chi connectivity index (χ1) is 13.7. The molecule has 0 radical (unpaired) electrons. The van der Waals surface area contributed by atoms with Gasteiger partial charge in [0.25, 0.3) is 0 Å². The summed E-state index contributed by atoms with van der Waals surface area (Å²) < 4.78 is 11.0. The molecule has 0 N–H and O–H groups in total. The van der Waals surface area contributed by atoms with Crippen molar-refractivity contribution < 1.29 is 9.47 Å². The smallest absolute Gasteiger partial charge is 0.174 e. The molecule has 0 saturated carbocycles. The third kappa shape index (κ3) is 3.46. The van der Waals surface area contributed by atoms with Crippen molar-refractivity contribution in [3.8, 4) is 11.5 Å². The van der Waals surface area contributed by atoms with E-state index in [0.29, 0.717) is 0 Å². The maximum Gasteiger partial charge on any atom is 0.174 e. The molecule has 1 atom stereocenters. The molecule has 0 saturated heterocycles. The topological polar surface area (TPSA) is 18.5 Å². The Bertz CT molecular complexity index is 1090. The lowest BCUT2D eigenvalue weighted by Crippen LogP contribution is -2.06. The van der Waals surface area contributed by atoms with Crippen LogP contribution in [-0.4, -0.2) is 14.2 Å². The van der Waals surface area contributed by atoms with Crippen LogP contribution < -0.4 is 9.47 Å². The Kier molecular flexibility index (Phi) is 5.27. The van der Waals surface area contributed by atoms with Crippen molar-refractivity contribution in [3.05, 3.63) is 90.5 Å². The van der Waals surface area contributed by atoms with E-state index in [0.717, 1.165) is 16.9 Å². The number of rotatable bonds is 5. The van der Waals surface area contributed by atoms with Crippen LogP contribution in [0.25, 0.3) is 10.8 Å². The molecule has 0 aliphatic rings. The fourth-order valence-corrected chi connectivity index (χ4v) is 5.57. The number of fused-ring (bicyclic) bond motifs is 1. The summed E-state index contributed by atoms with van der Waals surface area (Å²) in [6, 6.07) is 30.0. The van der Waals surface area contributed by atoms with E-state index >= 15 is 0 Å². The summed E-state index contributed by atoms with van der Waals surface area (Å²) in [7, 11) is 3.20. The lowest BCUT2D eigenvalue weighted by atomic mass is 10.1. The average molecular weight is 388 g/mol. The van der Waals surface area contributed by atoms with Gasteiger partial charge in [-0.25, -0.2) is 0 Å². The molecule has 3 heteroatoms. The molecule has 4 aromatic rings. The van der Waals surface area contributed by atoms with E-state index in [4.69, 9.17) is 9.47 Å². The lowest BCUT2D eigenvalue weighted by molar-refractivity contribution is 0.414. The number of ether oxygens (including phenoxy) is 2. The van der Waals surface area contributed by atoms with E-state index in [2.05, 4.69) is 79.7 Å². The third-order valence-corrected chi connectivity index (χ3v) is 7.12. The van der Waals surface area contributed by atoms with Gasteiger partial charge in [0, 0.05) is 10.8 Å². The standard InChI is InChI=1S/C25H23O2S/c1-18-8-12-20(13-9-18)28(21-14-10-19(26-2)11-15-21)25-17-16-24(27-3)22-6-4-5-7-23(22)25/h4-17H,1-3H3/q+1. The molecular weight excluding hydrogens is 364 g/mol. The number of hydrogen-bond donors (Lipinski definition) is 0. The molecule has 28 heavy (non-hydrogen) atoms. The molecular formula is C25H23O2S+. The fraction of sp³-hybridized carbons (Fsp3) is 0.120. The second-order valence-corrected chi connectivity index (χ2v) is 8.60.